The van der Waals surface area contributed by atoms with Crippen molar-refractivity contribution in [3.05, 3.63) is 29.3 Å². The van der Waals surface area contributed by atoms with Crippen LogP contribution in [0.5, 0.6) is 11.5 Å². The van der Waals surface area contributed by atoms with Crippen LogP contribution in [-0.2, 0) is 9.59 Å². The Morgan fingerprint density at radius 3 is 2.65 bits per heavy atom. The highest BCUT2D eigenvalue weighted by atomic mass is 16.5. The Bertz CT molecular complexity index is 681. The molecule has 0 bridgehead atoms. The van der Waals surface area contributed by atoms with Gasteiger partial charge in [-0.15, -0.1) is 0 Å². The highest BCUT2D eigenvalue weighted by Crippen LogP contribution is 2.27. The first-order valence-electron chi connectivity index (χ1n) is 7.23. The number of carbonyl (C=O) groups is 3. The molecule has 2 rings (SSSR count). The third kappa shape index (κ3) is 3.50. The summed E-state index contributed by atoms with van der Waals surface area (Å²) in [5.41, 5.74) is 0.303. The molecule has 1 aromatic carbocycles. The van der Waals surface area contributed by atoms with E-state index in [1.807, 2.05) is 6.92 Å². The van der Waals surface area contributed by atoms with E-state index in [0.717, 1.165) is 11.3 Å². The average Bonchev–Trinajstić information content (AvgIpc) is 2.51. The zero-order valence-electron chi connectivity index (χ0n) is 13.0. The van der Waals surface area contributed by atoms with Gasteiger partial charge in [0.1, 0.15) is 5.57 Å². The number of nitrogens with one attached hydrogen (secondary N) is 1. The molecule has 1 heterocycles. The number of unbranched alkanes of at least 4 members (excludes halogenated alkanes) is 1. The minimum atomic E-state index is -0.747. The quantitative estimate of drug-likeness (QED) is 0.636. The molecule has 0 aliphatic carbocycles. The lowest BCUT2D eigenvalue weighted by Gasteiger charge is -2.26. The van der Waals surface area contributed by atoms with E-state index < -0.39 is 17.8 Å². The first kappa shape index (κ1) is 16.5. The van der Waals surface area contributed by atoms with Crippen molar-refractivity contribution in [1.29, 1.82) is 0 Å². The summed E-state index contributed by atoms with van der Waals surface area (Å²) in [4.78, 5) is 37.0. The van der Waals surface area contributed by atoms with Crippen LogP contribution in [0.4, 0.5) is 4.79 Å². The summed E-state index contributed by atoms with van der Waals surface area (Å²) in [7, 11) is 1.42. The number of benzene rings is 1. The minimum absolute atomic E-state index is 0.107. The van der Waals surface area contributed by atoms with Gasteiger partial charge in [0.25, 0.3) is 11.8 Å². The summed E-state index contributed by atoms with van der Waals surface area (Å²) in [6.07, 6.45) is 2.81. The molecule has 1 aliphatic heterocycles. The number of hydrogen-bond donors (Lipinski definition) is 2. The van der Waals surface area contributed by atoms with Crippen LogP contribution in [0.2, 0.25) is 0 Å². The van der Waals surface area contributed by atoms with Crippen molar-refractivity contribution in [2.75, 3.05) is 13.7 Å². The molecule has 4 amide bonds. The molecule has 2 N–H and O–H groups in total. The van der Waals surface area contributed by atoms with Gasteiger partial charge in [-0.1, -0.05) is 19.4 Å². The smallest absolute Gasteiger partial charge is 0.331 e. The van der Waals surface area contributed by atoms with Crippen molar-refractivity contribution < 1.29 is 24.2 Å². The van der Waals surface area contributed by atoms with Gasteiger partial charge in [-0.3, -0.25) is 19.8 Å². The van der Waals surface area contributed by atoms with E-state index in [0.29, 0.717) is 12.0 Å². The molecule has 122 valence electrons. The molecular formula is C16H18N2O5. The Balaban J connectivity index is 2.32. The van der Waals surface area contributed by atoms with Crippen molar-refractivity contribution in [3.8, 4) is 11.5 Å². The molecule has 1 saturated heterocycles. The van der Waals surface area contributed by atoms with Gasteiger partial charge in [0, 0.05) is 6.54 Å². The van der Waals surface area contributed by atoms with Gasteiger partial charge < -0.3 is 9.84 Å². The Morgan fingerprint density at radius 1 is 1.30 bits per heavy atom. The summed E-state index contributed by atoms with van der Waals surface area (Å²) in [6, 6.07) is 3.79. The summed E-state index contributed by atoms with van der Waals surface area (Å²) in [5.74, 6) is -1.21. The predicted octanol–water partition coefficient (Wildman–Crippen LogP) is 1.66. The fourth-order valence-corrected chi connectivity index (χ4v) is 2.18. The second-order valence-electron chi connectivity index (χ2n) is 5.06. The number of barbiturate groups is 1. The van der Waals surface area contributed by atoms with Gasteiger partial charge in [-0.25, -0.2) is 4.79 Å². The minimum Gasteiger partial charge on any atom is -0.504 e. The van der Waals surface area contributed by atoms with Gasteiger partial charge in [-0.2, -0.15) is 0 Å². The molecule has 0 aromatic heterocycles. The van der Waals surface area contributed by atoms with Crippen LogP contribution >= 0.6 is 0 Å². The van der Waals surface area contributed by atoms with Crippen LogP contribution in [-0.4, -0.2) is 41.5 Å². The highest BCUT2D eigenvalue weighted by Gasteiger charge is 2.35. The largest absolute Gasteiger partial charge is 0.504 e. The van der Waals surface area contributed by atoms with Gasteiger partial charge in [0.2, 0.25) is 0 Å². The van der Waals surface area contributed by atoms with Crippen LogP contribution in [0, 0.1) is 0 Å². The van der Waals surface area contributed by atoms with E-state index >= 15 is 0 Å². The number of phenols is 1. The lowest BCUT2D eigenvalue weighted by Crippen LogP contribution is -2.54. The number of nitrogens with zero attached hydrogens (tertiary/aromatic N) is 1. The third-order valence-electron chi connectivity index (χ3n) is 3.43. The number of phenolic OH excluding ortho intramolecular Hbond substituents is 1. The first-order valence-corrected chi connectivity index (χ1v) is 7.23. The normalized spacial score (nSPS) is 16.7. The van der Waals surface area contributed by atoms with Crippen molar-refractivity contribution in [1.82, 2.24) is 10.2 Å². The molecule has 1 fully saturated rings. The van der Waals surface area contributed by atoms with Gasteiger partial charge >= 0.3 is 6.03 Å². The monoisotopic (exact) mass is 318 g/mol. The fraction of sp³-hybridized carbons (Fsp3) is 0.312. The number of amides is 4. The number of methoxy groups -OCH3 is 1. The number of aromatic hydroxyl groups is 1. The van der Waals surface area contributed by atoms with E-state index in [1.54, 1.807) is 6.07 Å². The van der Waals surface area contributed by atoms with Gasteiger partial charge in [0.05, 0.1) is 7.11 Å². The molecule has 0 atom stereocenters. The maximum Gasteiger partial charge on any atom is 0.331 e. The van der Waals surface area contributed by atoms with E-state index in [-0.39, 0.29) is 23.6 Å². The van der Waals surface area contributed by atoms with Crippen molar-refractivity contribution in [3.63, 3.8) is 0 Å². The molecule has 23 heavy (non-hydrogen) atoms. The second kappa shape index (κ2) is 6.95. The molecule has 0 unspecified atom stereocenters. The summed E-state index contributed by atoms with van der Waals surface area (Å²) < 4.78 is 4.94. The highest BCUT2D eigenvalue weighted by molar-refractivity contribution is 6.31. The molecule has 1 aliphatic rings. The lowest BCUT2D eigenvalue weighted by molar-refractivity contribution is -0.130. The van der Waals surface area contributed by atoms with E-state index in [2.05, 4.69) is 5.32 Å². The van der Waals surface area contributed by atoms with Crippen LogP contribution in [0.1, 0.15) is 25.3 Å². The number of ether oxygens (including phenoxy) is 1. The number of rotatable bonds is 5. The summed E-state index contributed by atoms with van der Waals surface area (Å²) >= 11 is 0. The number of urea groups is 1. The molecule has 7 heteroatoms. The molecular weight excluding hydrogens is 300 g/mol. The predicted molar refractivity (Wildman–Crippen MR) is 82.8 cm³/mol. The van der Waals surface area contributed by atoms with Crippen molar-refractivity contribution in [2.24, 2.45) is 0 Å². The van der Waals surface area contributed by atoms with Crippen LogP contribution < -0.4 is 10.1 Å². The first-order chi connectivity index (χ1) is 11.0. The van der Waals surface area contributed by atoms with E-state index in [9.17, 15) is 19.5 Å². The Morgan fingerprint density at radius 2 is 2.04 bits per heavy atom. The molecule has 1 aromatic rings. The van der Waals surface area contributed by atoms with Gasteiger partial charge in [0.15, 0.2) is 11.5 Å². The van der Waals surface area contributed by atoms with Crippen LogP contribution in [0.15, 0.2) is 23.8 Å². The molecule has 7 nitrogen and oxygen atoms in total. The maximum absolute atomic E-state index is 12.4. The fourth-order valence-electron chi connectivity index (χ4n) is 2.18. The maximum atomic E-state index is 12.4. The summed E-state index contributed by atoms with van der Waals surface area (Å²) in [5, 5.41) is 11.9. The van der Waals surface area contributed by atoms with Gasteiger partial charge in [-0.05, 0) is 30.2 Å². The lowest BCUT2D eigenvalue weighted by atomic mass is 10.1. The number of carbonyl (C=O) groups excluding carboxylic acids is 3. The topological polar surface area (TPSA) is 95.9 Å². The third-order valence-corrected chi connectivity index (χ3v) is 3.43. The van der Waals surface area contributed by atoms with E-state index in [4.69, 9.17) is 4.74 Å². The zero-order chi connectivity index (χ0) is 17.0. The Labute approximate surface area is 133 Å². The van der Waals surface area contributed by atoms with Crippen LogP contribution in [0.3, 0.4) is 0 Å². The molecule has 0 spiro atoms. The number of imide groups is 2. The zero-order valence-corrected chi connectivity index (χ0v) is 13.0. The van der Waals surface area contributed by atoms with E-state index in [1.165, 1.54) is 25.3 Å². The van der Waals surface area contributed by atoms with Crippen molar-refractivity contribution >= 4 is 23.9 Å². The molecule has 0 radical (unpaired) electrons. The van der Waals surface area contributed by atoms with Crippen molar-refractivity contribution in [2.45, 2.75) is 19.8 Å². The number of hydrogen-bond acceptors (Lipinski definition) is 5. The standard InChI is InChI=1S/C16H18N2O5/c1-3-4-7-18-15(21)11(14(20)17-16(18)22)8-10-5-6-13(23-2)12(19)9-10/h5-6,8-9,19H,3-4,7H2,1-2H3,(H,17,20,22)/b11-8+. The Kier molecular flexibility index (Phi) is 5.00. The average molecular weight is 318 g/mol. The van der Waals surface area contributed by atoms with Crippen LogP contribution in [0.25, 0.3) is 6.08 Å². The Hall–Kier alpha value is -2.83. The second-order valence-corrected chi connectivity index (χ2v) is 5.06. The SMILES string of the molecule is CCCCN1C(=O)NC(=O)/C(=C\c2ccc(OC)c(O)c2)C1=O. The molecule has 0 saturated carbocycles. The summed E-state index contributed by atoms with van der Waals surface area (Å²) in [6.45, 7) is 2.19.